The van der Waals surface area contributed by atoms with Crippen molar-refractivity contribution in [3.8, 4) is 27.9 Å². The molecule has 2 heterocycles. The van der Waals surface area contributed by atoms with E-state index in [4.69, 9.17) is 17.3 Å². The van der Waals surface area contributed by atoms with Gasteiger partial charge in [0.1, 0.15) is 5.82 Å². The van der Waals surface area contributed by atoms with Crippen LogP contribution in [0.15, 0.2) is 71.8 Å². The zero-order valence-corrected chi connectivity index (χ0v) is 23.0. The van der Waals surface area contributed by atoms with Crippen molar-refractivity contribution in [2.45, 2.75) is 26.3 Å². The van der Waals surface area contributed by atoms with Crippen molar-refractivity contribution in [3.63, 3.8) is 0 Å². The average Bonchev–Trinajstić information content (AvgIpc) is 3.22. The molecule has 8 heteroatoms. The van der Waals surface area contributed by atoms with Crippen molar-refractivity contribution in [3.05, 3.63) is 88.3 Å². The number of anilines is 2. The molecule has 0 amide bonds. The molecule has 1 fully saturated rings. The molecule has 0 aliphatic carbocycles. The minimum Gasteiger partial charge on any atom is -0.398 e. The van der Waals surface area contributed by atoms with Gasteiger partial charge in [-0.15, -0.1) is 0 Å². The molecule has 4 aromatic rings. The Kier molecular flexibility index (Phi) is 6.84. The Morgan fingerprint density at radius 2 is 1.55 bits per heavy atom. The topological polar surface area (TPSA) is 59.4 Å². The summed E-state index contributed by atoms with van der Waals surface area (Å²) in [5.41, 5.74) is 11.4. The van der Waals surface area contributed by atoms with Crippen molar-refractivity contribution >= 4 is 23.0 Å². The predicted molar refractivity (Wildman–Crippen MR) is 155 cm³/mol. The number of nitrogens with zero attached hydrogens (tertiary/aromatic N) is 4. The Labute approximate surface area is 227 Å². The molecule has 0 radical (unpaired) electrons. The van der Waals surface area contributed by atoms with E-state index >= 15 is 0 Å². The fourth-order valence-corrected chi connectivity index (χ4v) is 5.39. The summed E-state index contributed by atoms with van der Waals surface area (Å²) in [6.45, 7) is 10.6. The van der Waals surface area contributed by atoms with Gasteiger partial charge >= 0.3 is 5.69 Å². The van der Waals surface area contributed by atoms with Crippen LogP contribution in [0.3, 0.4) is 0 Å². The van der Waals surface area contributed by atoms with Crippen LogP contribution in [0.4, 0.5) is 15.8 Å². The minimum atomic E-state index is -0.382. The molecular formula is C30H33ClFN5O. The number of nitrogen functional groups attached to an aromatic ring is 1. The number of halogens is 2. The highest BCUT2D eigenvalue weighted by Gasteiger charge is 2.26. The Morgan fingerprint density at radius 1 is 0.895 bits per heavy atom. The second-order valence-electron chi connectivity index (χ2n) is 10.8. The van der Waals surface area contributed by atoms with Gasteiger partial charge in [-0.05, 0) is 68.3 Å². The Bertz CT molecular complexity index is 1540. The fourth-order valence-electron chi connectivity index (χ4n) is 5.12. The van der Waals surface area contributed by atoms with E-state index in [1.54, 1.807) is 37.6 Å². The van der Waals surface area contributed by atoms with Gasteiger partial charge in [0.05, 0.1) is 10.7 Å². The number of hydrogen-bond donors (Lipinski definition) is 1. The van der Waals surface area contributed by atoms with E-state index in [-0.39, 0.29) is 17.0 Å². The zero-order chi connectivity index (χ0) is 27.2. The van der Waals surface area contributed by atoms with Crippen LogP contribution in [0.5, 0.6) is 0 Å². The van der Waals surface area contributed by atoms with Crippen LogP contribution >= 0.6 is 11.6 Å². The number of hydrogen-bond acceptors (Lipinski definition) is 4. The molecular weight excluding hydrogens is 501 g/mol. The number of benzene rings is 3. The van der Waals surface area contributed by atoms with E-state index in [0.717, 1.165) is 37.4 Å². The first-order valence-electron chi connectivity index (χ1n) is 12.8. The highest BCUT2D eigenvalue weighted by molar-refractivity contribution is 6.32. The van der Waals surface area contributed by atoms with Crippen molar-refractivity contribution in [2.75, 3.05) is 36.8 Å². The van der Waals surface area contributed by atoms with Gasteiger partial charge in [0.15, 0.2) is 0 Å². The third kappa shape index (κ3) is 4.96. The molecule has 2 N–H and O–H groups in total. The Morgan fingerprint density at radius 3 is 2.13 bits per heavy atom. The number of aromatic nitrogens is 2. The van der Waals surface area contributed by atoms with Crippen LogP contribution in [-0.4, -0.2) is 45.8 Å². The summed E-state index contributed by atoms with van der Waals surface area (Å²) in [6.07, 6.45) is 3.33. The van der Waals surface area contributed by atoms with E-state index in [1.807, 2.05) is 12.1 Å². The lowest BCUT2D eigenvalue weighted by Gasteiger charge is -2.43. The lowest BCUT2D eigenvalue weighted by Crippen LogP contribution is -2.53. The van der Waals surface area contributed by atoms with Crippen LogP contribution in [-0.2, 0) is 7.05 Å². The molecule has 0 spiro atoms. The molecule has 1 aromatic heterocycles. The summed E-state index contributed by atoms with van der Waals surface area (Å²) in [7, 11) is 1.68. The van der Waals surface area contributed by atoms with Crippen LogP contribution in [0.2, 0.25) is 5.02 Å². The molecule has 1 aliphatic heterocycles. The summed E-state index contributed by atoms with van der Waals surface area (Å²) in [5.74, 6) is -0.382. The number of piperazine rings is 1. The Hall–Kier alpha value is -3.55. The molecule has 0 unspecified atom stereocenters. The van der Waals surface area contributed by atoms with Gasteiger partial charge in [-0.25, -0.2) is 9.18 Å². The highest BCUT2D eigenvalue weighted by Crippen LogP contribution is 2.38. The van der Waals surface area contributed by atoms with E-state index in [0.29, 0.717) is 33.1 Å². The first kappa shape index (κ1) is 26.1. The van der Waals surface area contributed by atoms with Gasteiger partial charge in [-0.3, -0.25) is 9.47 Å². The van der Waals surface area contributed by atoms with Crippen LogP contribution in [0.25, 0.3) is 27.9 Å². The standard InChI is InChI=1S/C30H33ClFN5O/c1-30(2,3)36-13-11-35(12-14-36)23-7-5-6-20(16-23)24-18-22(32)19-25(28(24)33)21-8-9-27(26(31)17-21)37-15-10-34(4)29(37)38/h5-10,15-19H,11-14,33H2,1-4H3. The normalized spacial score (nSPS) is 14.7. The molecule has 3 aromatic carbocycles. The van der Waals surface area contributed by atoms with Crippen molar-refractivity contribution in [1.29, 1.82) is 0 Å². The number of nitrogens with two attached hydrogens (primary N) is 1. The second kappa shape index (κ2) is 9.97. The van der Waals surface area contributed by atoms with Gasteiger partial charge in [-0.1, -0.05) is 29.8 Å². The van der Waals surface area contributed by atoms with Crippen LogP contribution in [0, 0.1) is 5.82 Å². The van der Waals surface area contributed by atoms with Gasteiger partial charge in [0.2, 0.25) is 0 Å². The minimum absolute atomic E-state index is 0.151. The Balaban J connectivity index is 1.47. The maximum Gasteiger partial charge on any atom is 0.332 e. The average molecular weight is 534 g/mol. The summed E-state index contributed by atoms with van der Waals surface area (Å²) >= 11 is 6.58. The van der Waals surface area contributed by atoms with E-state index in [2.05, 4.69) is 42.7 Å². The quantitative estimate of drug-likeness (QED) is 0.337. The van der Waals surface area contributed by atoms with E-state index < -0.39 is 0 Å². The fraction of sp³-hybridized carbons (Fsp3) is 0.300. The van der Waals surface area contributed by atoms with E-state index in [1.165, 1.54) is 21.3 Å². The van der Waals surface area contributed by atoms with Gasteiger partial charge in [-0.2, -0.15) is 0 Å². The first-order chi connectivity index (χ1) is 18.0. The van der Waals surface area contributed by atoms with Crippen molar-refractivity contribution < 1.29 is 4.39 Å². The lowest BCUT2D eigenvalue weighted by molar-refractivity contribution is 0.128. The van der Waals surface area contributed by atoms with Crippen LogP contribution in [0.1, 0.15) is 20.8 Å². The second-order valence-corrected chi connectivity index (χ2v) is 11.2. The first-order valence-corrected chi connectivity index (χ1v) is 13.1. The molecule has 0 bridgehead atoms. The van der Waals surface area contributed by atoms with Gasteiger partial charge in [0.25, 0.3) is 0 Å². The monoisotopic (exact) mass is 533 g/mol. The molecule has 0 atom stereocenters. The lowest BCUT2D eigenvalue weighted by atomic mass is 9.95. The molecule has 0 saturated carbocycles. The maximum atomic E-state index is 14.9. The van der Waals surface area contributed by atoms with Gasteiger partial charge in [0, 0.05) is 73.7 Å². The molecule has 1 saturated heterocycles. The van der Waals surface area contributed by atoms with Crippen molar-refractivity contribution in [2.24, 2.45) is 7.05 Å². The number of aryl methyl sites for hydroxylation is 1. The number of rotatable bonds is 4. The summed E-state index contributed by atoms with van der Waals surface area (Å²) in [4.78, 5) is 17.2. The molecule has 6 nitrogen and oxygen atoms in total. The summed E-state index contributed by atoms with van der Waals surface area (Å²) in [5, 5.41) is 0.373. The molecule has 1 aliphatic rings. The SMILES string of the molecule is Cn1ccn(-c2ccc(-c3cc(F)cc(-c4cccc(N5CCN(C(C)(C)C)CC5)c4)c3N)cc2Cl)c1=O. The molecule has 38 heavy (non-hydrogen) atoms. The third-order valence-corrected chi connectivity index (χ3v) is 7.66. The molecule has 198 valence electrons. The largest absolute Gasteiger partial charge is 0.398 e. The predicted octanol–water partition coefficient (Wildman–Crippen LogP) is 5.81. The summed E-state index contributed by atoms with van der Waals surface area (Å²) < 4.78 is 17.9. The zero-order valence-electron chi connectivity index (χ0n) is 22.2. The highest BCUT2D eigenvalue weighted by atomic mass is 35.5. The maximum absolute atomic E-state index is 14.9. The van der Waals surface area contributed by atoms with Gasteiger partial charge < -0.3 is 15.2 Å². The third-order valence-electron chi connectivity index (χ3n) is 7.36. The van der Waals surface area contributed by atoms with E-state index in [9.17, 15) is 9.18 Å². The smallest absolute Gasteiger partial charge is 0.332 e. The molecule has 5 rings (SSSR count). The summed E-state index contributed by atoms with van der Waals surface area (Å²) in [6, 6.07) is 16.3. The van der Waals surface area contributed by atoms with Crippen molar-refractivity contribution in [1.82, 2.24) is 14.0 Å². The number of imidazole rings is 1. The van der Waals surface area contributed by atoms with Crippen LogP contribution < -0.4 is 16.3 Å².